The van der Waals surface area contributed by atoms with Gasteiger partial charge in [0.05, 0.1) is 29.5 Å². The predicted octanol–water partition coefficient (Wildman–Crippen LogP) is 8.17. The van der Waals surface area contributed by atoms with Gasteiger partial charge in [-0.3, -0.25) is 4.79 Å². The van der Waals surface area contributed by atoms with Gasteiger partial charge in [0.2, 0.25) is 0 Å². The summed E-state index contributed by atoms with van der Waals surface area (Å²) in [5.74, 6) is 0.897. The zero-order valence-electron chi connectivity index (χ0n) is 23.7. The number of pyridine rings is 1. The first kappa shape index (κ1) is 26.9. The topological polar surface area (TPSA) is 51.2 Å². The Hall–Kier alpha value is -3.28. The summed E-state index contributed by atoms with van der Waals surface area (Å²) in [6.45, 7) is 8.26. The van der Waals surface area contributed by atoms with E-state index in [0.717, 1.165) is 53.4 Å². The normalized spacial score (nSPS) is 21.7. The SMILES string of the molecule is CC(C)(C)C1C/C(=C/c2cccs2)c2nc3ccccc3c(C(=O)NCC3CC(OCc4ccccc4)C3)c2C1. The summed E-state index contributed by atoms with van der Waals surface area (Å²) in [6.07, 6.45) is 6.36. The maximum Gasteiger partial charge on any atom is 0.252 e. The largest absolute Gasteiger partial charge is 0.374 e. The van der Waals surface area contributed by atoms with Crippen molar-refractivity contribution in [1.82, 2.24) is 10.3 Å². The van der Waals surface area contributed by atoms with Crippen molar-refractivity contribution in [2.75, 3.05) is 6.54 Å². The first-order chi connectivity index (χ1) is 19.3. The minimum absolute atomic E-state index is 0.0218. The van der Waals surface area contributed by atoms with Crippen LogP contribution in [0.25, 0.3) is 22.6 Å². The van der Waals surface area contributed by atoms with Gasteiger partial charge >= 0.3 is 0 Å². The lowest BCUT2D eigenvalue weighted by Crippen LogP contribution is -2.40. The third-order valence-corrected chi connectivity index (χ3v) is 9.42. The number of benzene rings is 2. The van der Waals surface area contributed by atoms with Crippen molar-refractivity contribution in [3.8, 4) is 0 Å². The van der Waals surface area contributed by atoms with Crippen LogP contribution in [0.2, 0.25) is 0 Å². The smallest absolute Gasteiger partial charge is 0.252 e. The number of nitrogens with one attached hydrogen (secondary N) is 1. The van der Waals surface area contributed by atoms with Gasteiger partial charge in [0.1, 0.15) is 0 Å². The van der Waals surface area contributed by atoms with Gasteiger partial charge in [0, 0.05) is 16.8 Å². The second-order valence-electron chi connectivity index (χ2n) is 12.5. The summed E-state index contributed by atoms with van der Waals surface area (Å²) in [5, 5.41) is 6.37. The molecule has 2 aromatic carbocycles. The Balaban J connectivity index is 1.24. The van der Waals surface area contributed by atoms with Crippen LogP contribution < -0.4 is 5.32 Å². The maximum atomic E-state index is 14.0. The number of carbonyl (C=O) groups is 1. The van der Waals surface area contributed by atoms with E-state index in [4.69, 9.17) is 9.72 Å². The van der Waals surface area contributed by atoms with Crippen LogP contribution in [0.15, 0.2) is 72.1 Å². The van der Waals surface area contributed by atoms with E-state index in [9.17, 15) is 4.79 Å². The highest BCUT2D eigenvalue weighted by Gasteiger charge is 2.36. The zero-order chi connectivity index (χ0) is 27.7. The lowest BCUT2D eigenvalue weighted by Gasteiger charge is -2.37. The summed E-state index contributed by atoms with van der Waals surface area (Å²) < 4.78 is 6.09. The molecule has 0 aliphatic heterocycles. The molecule has 4 aromatic rings. The van der Waals surface area contributed by atoms with Crippen LogP contribution in [-0.4, -0.2) is 23.5 Å². The molecule has 206 valence electrons. The number of thiophene rings is 1. The third-order valence-electron chi connectivity index (χ3n) is 8.60. The average Bonchev–Trinajstić information content (AvgIpc) is 3.43. The van der Waals surface area contributed by atoms with E-state index >= 15 is 0 Å². The van der Waals surface area contributed by atoms with Gasteiger partial charge in [0.25, 0.3) is 5.91 Å². The van der Waals surface area contributed by atoms with Gasteiger partial charge < -0.3 is 10.1 Å². The van der Waals surface area contributed by atoms with E-state index < -0.39 is 0 Å². The number of ether oxygens (including phenoxy) is 1. The molecule has 1 saturated carbocycles. The molecular weight excluding hydrogens is 512 g/mol. The number of nitrogens with zero attached hydrogens (tertiary/aromatic N) is 1. The summed E-state index contributed by atoms with van der Waals surface area (Å²) in [6, 6.07) is 22.7. The van der Waals surface area contributed by atoms with Gasteiger partial charge in [-0.15, -0.1) is 11.3 Å². The number of amides is 1. The van der Waals surface area contributed by atoms with Gasteiger partial charge in [-0.1, -0.05) is 75.4 Å². The molecule has 5 heteroatoms. The summed E-state index contributed by atoms with van der Waals surface area (Å²) in [4.78, 5) is 20.3. The molecule has 2 aromatic heterocycles. The molecule has 0 bridgehead atoms. The number of carbonyl (C=O) groups excluding carboxylic acids is 1. The van der Waals surface area contributed by atoms with Crippen molar-refractivity contribution in [3.63, 3.8) is 0 Å². The zero-order valence-corrected chi connectivity index (χ0v) is 24.5. The van der Waals surface area contributed by atoms with Gasteiger partial charge in [-0.05, 0) is 83.2 Å². The Bertz CT molecular complexity index is 1510. The predicted molar refractivity (Wildman–Crippen MR) is 165 cm³/mol. The number of hydrogen-bond donors (Lipinski definition) is 1. The maximum absolute atomic E-state index is 14.0. The van der Waals surface area contributed by atoms with Crippen molar-refractivity contribution in [1.29, 1.82) is 0 Å². The lowest BCUT2D eigenvalue weighted by atomic mass is 9.69. The number of fused-ring (bicyclic) bond motifs is 2. The van der Waals surface area contributed by atoms with E-state index in [-0.39, 0.29) is 17.4 Å². The van der Waals surface area contributed by atoms with Crippen LogP contribution in [-0.2, 0) is 17.8 Å². The lowest BCUT2D eigenvalue weighted by molar-refractivity contribution is -0.0391. The van der Waals surface area contributed by atoms with Gasteiger partial charge in [-0.25, -0.2) is 4.98 Å². The minimum Gasteiger partial charge on any atom is -0.374 e. The third kappa shape index (κ3) is 5.77. The molecule has 1 fully saturated rings. The quantitative estimate of drug-likeness (QED) is 0.252. The fourth-order valence-corrected chi connectivity index (χ4v) is 6.71. The van der Waals surface area contributed by atoms with Gasteiger partial charge in [0.15, 0.2) is 0 Å². The summed E-state index contributed by atoms with van der Waals surface area (Å²) in [5.41, 5.74) is 6.35. The van der Waals surface area contributed by atoms with Crippen molar-refractivity contribution in [2.45, 2.75) is 59.2 Å². The average molecular weight is 551 g/mol. The van der Waals surface area contributed by atoms with Crippen LogP contribution in [0.3, 0.4) is 0 Å². The Kier molecular flexibility index (Phi) is 7.61. The summed E-state index contributed by atoms with van der Waals surface area (Å²) in [7, 11) is 0. The van der Waals surface area contributed by atoms with E-state index in [2.05, 4.69) is 67.9 Å². The molecule has 40 heavy (non-hydrogen) atoms. The molecule has 0 saturated heterocycles. The Morgan fingerprint density at radius 3 is 2.55 bits per heavy atom. The number of aromatic nitrogens is 1. The molecule has 2 aliphatic carbocycles. The monoisotopic (exact) mass is 550 g/mol. The highest BCUT2D eigenvalue weighted by molar-refractivity contribution is 7.10. The molecule has 1 N–H and O–H groups in total. The van der Waals surface area contributed by atoms with E-state index in [1.165, 1.54) is 16.0 Å². The standard InChI is InChI=1S/C35H38N2O2S/c1-35(2,3)26-18-25(19-28-12-9-15-40-28)33-30(20-26)32(29-13-7-8-14-31(29)37-33)34(38)36-21-24-16-27(17-24)39-22-23-10-5-4-6-11-23/h4-15,19,24,26-27H,16-18,20-22H2,1-3H3,(H,36,38)/b25-19-. The molecule has 0 spiro atoms. The Morgan fingerprint density at radius 1 is 1.02 bits per heavy atom. The first-order valence-corrected chi connectivity index (χ1v) is 15.3. The second-order valence-corrected chi connectivity index (χ2v) is 13.4. The fraction of sp³-hybridized carbons (Fsp3) is 0.371. The highest BCUT2D eigenvalue weighted by atomic mass is 32.1. The summed E-state index contributed by atoms with van der Waals surface area (Å²) >= 11 is 1.74. The van der Waals surface area contributed by atoms with Gasteiger partial charge in [-0.2, -0.15) is 0 Å². The molecule has 2 aliphatic rings. The van der Waals surface area contributed by atoms with Crippen LogP contribution in [0.1, 0.15) is 72.1 Å². The van der Waals surface area contributed by atoms with E-state index in [1.54, 1.807) is 11.3 Å². The number of hydrogen-bond acceptors (Lipinski definition) is 4. The van der Waals surface area contributed by atoms with Crippen LogP contribution in [0, 0.1) is 17.3 Å². The number of rotatable bonds is 7. The van der Waals surface area contributed by atoms with Crippen LogP contribution in [0.4, 0.5) is 0 Å². The van der Waals surface area contributed by atoms with E-state index in [1.807, 2.05) is 36.4 Å². The minimum atomic E-state index is 0.0218. The first-order valence-electron chi connectivity index (χ1n) is 14.4. The highest BCUT2D eigenvalue weighted by Crippen LogP contribution is 2.45. The van der Waals surface area contributed by atoms with Crippen molar-refractivity contribution in [3.05, 3.63) is 99.4 Å². The molecular formula is C35H38N2O2S. The number of para-hydroxylation sites is 1. The van der Waals surface area contributed by atoms with Crippen molar-refractivity contribution >= 4 is 39.8 Å². The molecule has 1 unspecified atom stereocenters. The van der Waals surface area contributed by atoms with Crippen molar-refractivity contribution < 1.29 is 9.53 Å². The second kappa shape index (κ2) is 11.3. The Morgan fingerprint density at radius 2 is 1.80 bits per heavy atom. The molecule has 6 rings (SSSR count). The van der Waals surface area contributed by atoms with Crippen molar-refractivity contribution in [2.24, 2.45) is 17.3 Å². The molecule has 1 amide bonds. The number of allylic oxidation sites excluding steroid dienone is 1. The fourth-order valence-electron chi connectivity index (χ4n) is 6.03. The molecule has 0 radical (unpaired) electrons. The molecule has 2 heterocycles. The van der Waals surface area contributed by atoms with E-state index in [0.29, 0.717) is 25.0 Å². The molecule has 1 atom stereocenters. The van der Waals surface area contributed by atoms with Crippen LogP contribution >= 0.6 is 11.3 Å². The van der Waals surface area contributed by atoms with Crippen LogP contribution in [0.5, 0.6) is 0 Å². The Labute approximate surface area is 241 Å². The molecule has 4 nitrogen and oxygen atoms in total.